The molecule has 0 radical (unpaired) electrons. The van der Waals surface area contributed by atoms with E-state index < -0.39 is 11.9 Å². The van der Waals surface area contributed by atoms with Crippen molar-refractivity contribution in [3.8, 4) is 6.07 Å². The molecule has 5 nitrogen and oxygen atoms in total. The molecule has 126 valence electrons. The average Bonchev–Trinajstić information content (AvgIpc) is 3.14. The number of hydrogen-bond acceptors (Lipinski definition) is 6. The van der Waals surface area contributed by atoms with Crippen LogP contribution in [0.5, 0.6) is 0 Å². The summed E-state index contributed by atoms with van der Waals surface area (Å²) in [7, 11) is 0. The number of nitrogens with two attached hydrogens (primary N) is 1. The molecule has 0 fully saturated rings. The highest BCUT2D eigenvalue weighted by Crippen LogP contribution is 2.45. The summed E-state index contributed by atoms with van der Waals surface area (Å²) >= 11 is 1.22. The van der Waals surface area contributed by atoms with E-state index in [0.717, 1.165) is 10.5 Å². The van der Waals surface area contributed by atoms with E-state index in [1.165, 1.54) is 24.3 Å². The number of hydrogen-bond donors (Lipinski definition) is 1. The van der Waals surface area contributed by atoms with Gasteiger partial charge in [0, 0.05) is 5.56 Å². The highest BCUT2D eigenvalue weighted by molar-refractivity contribution is 8.06. The Labute approximate surface area is 149 Å². The van der Waals surface area contributed by atoms with E-state index in [9.17, 15) is 10.1 Å². The number of esters is 1. The topological polar surface area (TPSA) is 89.2 Å². The molecule has 0 saturated carbocycles. The molecule has 1 aliphatic rings. The van der Waals surface area contributed by atoms with Crippen molar-refractivity contribution < 1.29 is 13.9 Å². The second-order valence-corrected chi connectivity index (χ2v) is 6.77. The van der Waals surface area contributed by atoms with Crippen LogP contribution in [-0.2, 0) is 16.1 Å². The molecule has 1 aromatic heterocycles. The number of ether oxygens (including phenoxy) is 1. The monoisotopic (exact) mass is 352 g/mol. The minimum absolute atomic E-state index is 0.167. The molecule has 0 spiro atoms. The van der Waals surface area contributed by atoms with Crippen LogP contribution >= 0.6 is 11.8 Å². The Morgan fingerprint density at radius 3 is 2.76 bits per heavy atom. The van der Waals surface area contributed by atoms with Crippen LogP contribution in [0, 0.1) is 11.3 Å². The summed E-state index contributed by atoms with van der Waals surface area (Å²) in [6.07, 6.45) is 3.02. The van der Waals surface area contributed by atoms with Crippen molar-refractivity contribution in [2.24, 2.45) is 5.73 Å². The van der Waals surface area contributed by atoms with Crippen LogP contribution in [0.4, 0.5) is 0 Å². The van der Waals surface area contributed by atoms with Gasteiger partial charge in [0.1, 0.15) is 6.61 Å². The number of nitrogens with zero attached hydrogens (tertiary/aromatic N) is 1. The molecule has 0 saturated heterocycles. The number of nitriles is 1. The van der Waals surface area contributed by atoms with Gasteiger partial charge in [-0.15, -0.1) is 0 Å². The maximum Gasteiger partial charge on any atom is 0.336 e. The maximum atomic E-state index is 12.8. The normalized spacial score (nSPS) is 17.4. The fourth-order valence-corrected chi connectivity index (χ4v) is 3.63. The molecule has 0 amide bonds. The van der Waals surface area contributed by atoms with E-state index in [-0.39, 0.29) is 6.61 Å². The fourth-order valence-electron chi connectivity index (χ4n) is 2.72. The van der Waals surface area contributed by atoms with Crippen molar-refractivity contribution >= 4 is 17.7 Å². The lowest BCUT2D eigenvalue weighted by Crippen LogP contribution is -2.22. The third-order valence-corrected chi connectivity index (χ3v) is 4.88. The zero-order chi connectivity index (χ0) is 17.8. The third-order valence-electron chi connectivity index (χ3n) is 3.91. The third kappa shape index (κ3) is 3.47. The molecule has 2 heterocycles. The van der Waals surface area contributed by atoms with E-state index >= 15 is 0 Å². The van der Waals surface area contributed by atoms with Gasteiger partial charge in [-0.1, -0.05) is 42.1 Å². The van der Waals surface area contributed by atoms with E-state index in [1.807, 2.05) is 30.3 Å². The number of thioether (sulfide) groups is 1. The Morgan fingerprint density at radius 1 is 1.36 bits per heavy atom. The molecule has 25 heavy (non-hydrogen) atoms. The van der Waals surface area contributed by atoms with Gasteiger partial charge in [-0.25, -0.2) is 4.79 Å². The Kier molecular flexibility index (Phi) is 4.96. The highest BCUT2D eigenvalue weighted by Gasteiger charge is 2.35. The fraction of sp³-hybridized carbons (Fsp3) is 0.158. The van der Waals surface area contributed by atoms with E-state index in [2.05, 4.69) is 6.07 Å². The standard InChI is InChI=1S/C19H16N2O3S/c1-12-16(19(22)24-10-13-5-3-2-4-6-13)17(14-7-8-23-11-14)15(9-20)18(21)25-12/h2-8,11,17H,10,21H2,1H3. The van der Waals surface area contributed by atoms with Gasteiger partial charge >= 0.3 is 5.97 Å². The van der Waals surface area contributed by atoms with Crippen molar-refractivity contribution in [3.63, 3.8) is 0 Å². The number of carbonyl (C=O) groups is 1. The minimum Gasteiger partial charge on any atom is -0.472 e. The number of carbonyl (C=O) groups excluding carboxylic acids is 1. The van der Waals surface area contributed by atoms with Crippen molar-refractivity contribution in [2.45, 2.75) is 19.4 Å². The van der Waals surface area contributed by atoms with Gasteiger partial charge < -0.3 is 14.9 Å². The van der Waals surface area contributed by atoms with Gasteiger partial charge in [-0.3, -0.25) is 0 Å². The molecule has 1 aliphatic heterocycles. The summed E-state index contributed by atoms with van der Waals surface area (Å²) in [5.41, 5.74) is 8.36. The van der Waals surface area contributed by atoms with Crippen LogP contribution in [0.25, 0.3) is 0 Å². The Morgan fingerprint density at radius 2 is 2.12 bits per heavy atom. The van der Waals surface area contributed by atoms with Crippen molar-refractivity contribution in [2.75, 3.05) is 0 Å². The molecule has 1 unspecified atom stereocenters. The first kappa shape index (κ1) is 16.9. The molecule has 0 aliphatic carbocycles. The molecule has 1 atom stereocenters. The maximum absolute atomic E-state index is 12.8. The summed E-state index contributed by atoms with van der Waals surface area (Å²) in [4.78, 5) is 13.5. The molecule has 2 N–H and O–H groups in total. The van der Waals surface area contributed by atoms with Crippen molar-refractivity contribution in [1.82, 2.24) is 0 Å². The van der Waals surface area contributed by atoms with Gasteiger partial charge in [-0.2, -0.15) is 5.26 Å². The number of allylic oxidation sites excluding steroid dienone is 2. The summed E-state index contributed by atoms with van der Waals surface area (Å²) in [6.45, 7) is 1.97. The first-order valence-corrected chi connectivity index (χ1v) is 8.45. The second-order valence-electron chi connectivity index (χ2n) is 5.51. The van der Waals surface area contributed by atoms with E-state index in [4.69, 9.17) is 14.9 Å². The number of benzene rings is 1. The molecular weight excluding hydrogens is 336 g/mol. The van der Waals surface area contributed by atoms with Gasteiger partial charge in [-0.05, 0) is 23.5 Å². The highest BCUT2D eigenvalue weighted by atomic mass is 32.2. The minimum atomic E-state index is -0.576. The molecule has 0 bridgehead atoms. The van der Waals surface area contributed by atoms with E-state index in [1.54, 1.807) is 13.0 Å². The Balaban J connectivity index is 1.90. The predicted molar refractivity (Wildman–Crippen MR) is 94.8 cm³/mol. The first-order valence-electron chi connectivity index (χ1n) is 7.63. The summed E-state index contributed by atoms with van der Waals surface area (Å²) in [6, 6.07) is 13.3. The quantitative estimate of drug-likeness (QED) is 0.841. The molecule has 3 rings (SSSR count). The smallest absolute Gasteiger partial charge is 0.336 e. The Bertz CT molecular complexity index is 877. The van der Waals surface area contributed by atoms with Crippen molar-refractivity contribution in [1.29, 1.82) is 5.26 Å². The molecule has 1 aromatic carbocycles. The lowest BCUT2D eigenvalue weighted by molar-refractivity contribution is -0.140. The number of furan rings is 1. The van der Waals surface area contributed by atoms with Crippen LogP contribution in [0.15, 0.2) is 74.4 Å². The zero-order valence-electron chi connectivity index (χ0n) is 13.6. The zero-order valence-corrected chi connectivity index (χ0v) is 14.4. The van der Waals surface area contributed by atoms with Gasteiger partial charge in [0.05, 0.1) is 40.7 Å². The molecule has 6 heteroatoms. The predicted octanol–water partition coefficient (Wildman–Crippen LogP) is 3.82. The SMILES string of the molecule is CC1=C(C(=O)OCc2ccccc2)C(c2ccoc2)C(C#N)=C(N)S1. The lowest BCUT2D eigenvalue weighted by Gasteiger charge is -2.25. The van der Waals surface area contributed by atoms with Gasteiger partial charge in [0.15, 0.2) is 0 Å². The van der Waals surface area contributed by atoms with Crippen LogP contribution in [0.2, 0.25) is 0 Å². The molecule has 2 aromatic rings. The van der Waals surface area contributed by atoms with Crippen LogP contribution in [0.3, 0.4) is 0 Å². The molecular formula is C19H16N2O3S. The largest absolute Gasteiger partial charge is 0.472 e. The summed E-state index contributed by atoms with van der Waals surface area (Å²) < 4.78 is 10.6. The first-order chi connectivity index (χ1) is 12.1. The summed E-state index contributed by atoms with van der Waals surface area (Å²) in [5, 5.41) is 9.91. The van der Waals surface area contributed by atoms with E-state index in [0.29, 0.717) is 21.7 Å². The van der Waals surface area contributed by atoms with Gasteiger partial charge in [0.25, 0.3) is 0 Å². The van der Waals surface area contributed by atoms with Crippen LogP contribution in [-0.4, -0.2) is 5.97 Å². The number of rotatable bonds is 4. The average molecular weight is 352 g/mol. The van der Waals surface area contributed by atoms with Crippen molar-refractivity contribution in [3.05, 3.63) is 81.1 Å². The second kappa shape index (κ2) is 7.32. The lowest BCUT2D eigenvalue weighted by atomic mass is 9.86. The van der Waals surface area contributed by atoms with Gasteiger partial charge in [0.2, 0.25) is 0 Å². The Hall–Kier alpha value is -2.91. The van der Waals surface area contributed by atoms with Crippen LogP contribution < -0.4 is 5.73 Å². The van der Waals surface area contributed by atoms with Crippen LogP contribution in [0.1, 0.15) is 24.0 Å². The summed E-state index contributed by atoms with van der Waals surface area (Å²) in [5.74, 6) is -1.03.